The maximum absolute atomic E-state index is 11.8. The molecule has 0 heterocycles. The average molecular weight is 457 g/mol. The maximum Gasteiger partial charge on any atom is 1.00 e. The number of rotatable bonds is 15. The zero-order chi connectivity index (χ0) is 21.8. The monoisotopic (exact) mass is 456 g/mol. The largest absolute Gasteiger partial charge is 1.00 e. The fourth-order valence-corrected chi connectivity index (χ4v) is 4.90. The first kappa shape index (κ1) is 28.4. The Labute approximate surface area is 211 Å². The summed E-state index contributed by atoms with van der Waals surface area (Å²) >= 11 is 0. The summed E-state index contributed by atoms with van der Waals surface area (Å²) in [7, 11) is -2.98. The summed E-state index contributed by atoms with van der Waals surface area (Å²) in [4.78, 5) is -0.146. The first-order valence-corrected chi connectivity index (χ1v) is 12.9. The Morgan fingerprint density at radius 1 is 0.806 bits per heavy atom. The van der Waals surface area contributed by atoms with E-state index >= 15 is 0 Å². The molecule has 0 bridgehead atoms. The van der Waals surface area contributed by atoms with Gasteiger partial charge < -0.3 is 9.29 Å². The summed E-state index contributed by atoms with van der Waals surface area (Å²) in [5.41, 5.74) is 0.910. The molecule has 0 radical (unpaired) electrons. The van der Waals surface area contributed by atoms with Crippen LogP contribution in [0.2, 0.25) is 0 Å². The molecule has 0 aliphatic heterocycles. The van der Waals surface area contributed by atoms with Gasteiger partial charge in [-0.2, -0.15) is 0 Å². The average Bonchev–Trinajstić information content (AvgIpc) is 2.73. The molecule has 6 heteroatoms. The molecule has 0 spiro atoms. The van der Waals surface area contributed by atoms with E-state index in [1.165, 1.54) is 70.3 Å². The van der Waals surface area contributed by atoms with Crippen molar-refractivity contribution in [2.24, 2.45) is 0 Å². The zero-order valence-corrected chi connectivity index (χ0v) is 22.4. The Morgan fingerprint density at radius 2 is 1.35 bits per heavy atom. The number of benzene rings is 2. The molecule has 0 unspecified atom stereocenters. The van der Waals surface area contributed by atoms with E-state index in [0.717, 1.165) is 24.8 Å². The van der Waals surface area contributed by atoms with Crippen molar-refractivity contribution in [2.75, 3.05) is 7.11 Å². The normalized spacial score (nSPS) is 11.5. The van der Waals surface area contributed by atoms with Gasteiger partial charge in [-0.25, -0.2) is 8.42 Å². The predicted molar refractivity (Wildman–Crippen MR) is 123 cm³/mol. The summed E-state index contributed by atoms with van der Waals surface area (Å²) in [6.45, 7) is 2.25. The summed E-state index contributed by atoms with van der Waals surface area (Å²) in [5.74, 6) is 0.592. The molecule has 0 saturated carbocycles. The van der Waals surface area contributed by atoms with Crippen LogP contribution < -0.4 is 34.3 Å². The molecular formula is C25H37NaO4S. The van der Waals surface area contributed by atoms with E-state index in [9.17, 15) is 13.0 Å². The van der Waals surface area contributed by atoms with Crippen molar-refractivity contribution in [3.05, 3.63) is 35.9 Å². The van der Waals surface area contributed by atoms with Gasteiger partial charge in [0.25, 0.3) is 0 Å². The molecule has 4 nitrogen and oxygen atoms in total. The van der Waals surface area contributed by atoms with Gasteiger partial charge in [-0.3, -0.25) is 0 Å². The fraction of sp³-hybridized carbons (Fsp3) is 0.600. The number of fused-ring (bicyclic) bond motifs is 1. The van der Waals surface area contributed by atoms with E-state index in [1.54, 1.807) is 13.2 Å². The van der Waals surface area contributed by atoms with Crippen molar-refractivity contribution in [3.63, 3.8) is 0 Å². The molecule has 0 N–H and O–H groups in total. The van der Waals surface area contributed by atoms with Crippen LogP contribution in [0.3, 0.4) is 0 Å². The Morgan fingerprint density at radius 3 is 1.87 bits per heavy atom. The van der Waals surface area contributed by atoms with Crippen LogP contribution in [0.1, 0.15) is 89.5 Å². The summed E-state index contributed by atoms with van der Waals surface area (Å²) < 4.78 is 40.7. The van der Waals surface area contributed by atoms with Crippen molar-refractivity contribution in [1.29, 1.82) is 0 Å². The van der Waals surface area contributed by atoms with Crippen LogP contribution in [0.15, 0.2) is 35.2 Å². The summed E-state index contributed by atoms with van der Waals surface area (Å²) in [5, 5.41) is 1.21. The van der Waals surface area contributed by atoms with Gasteiger partial charge in [0.05, 0.1) is 12.0 Å². The van der Waals surface area contributed by atoms with Crippen LogP contribution in [0.5, 0.6) is 5.75 Å². The molecule has 0 fully saturated rings. The topological polar surface area (TPSA) is 66.4 Å². The number of methoxy groups -OCH3 is 1. The van der Waals surface area contributed by atoms with Gasteiger partial charge in [0.2, 0.25) is 0 Å². The predicted octanol–water partition coefficient (Wildman–Crippen LogP) is 4.00. The minimum absolute atomic E-state index is 0. The van der Waals surface area contributed by atoms with E-state index < -0.39 is 10.1 Å². The van der Waals surface area contributed by atoms with E-state index in [2.05, 4.69) is 6.92 Å². The molecule has 0 atom stereocenters. The van der Waals surface area contributed by atoms with Gasteiger partial charge in [0.15, 0.2) is 0 Å². The Bertz CT molecular complexity index is 880. The number of aryl methyl sites for hydroxylation is 1. The van der Waals surface area contributed by atoms with E-state index in [0.29, 0.717) is 16.5 Å². The van der Waals surface area contributed by atoms with Crippen LogP contribution in [-0.2, 0) is 16.5 Å². The SMILES string of the molecule is CCCCCCCCCCCCCCc1ccc(OC)c2cccc(S(=O)(=O)[O-])c12.[Na+]. The third-order valence-corrected chi connectivity index (χ3v) is 6.72. The zero-order valence-electron chi connectivity index (χ0n) is 19.6. The molecule has 31 heavy (non-hydrogen) atoms. The Balaban J connectivity index is 0.00000480. The molecule has 2 rings (SSSR count). The van der Waals surface area contributed by atoms with Crippen molar-refractivity contribution < 1.29 is 47.3 Å². The Kier molecular flexibility index (Phi) is 14.0. The van der Waals surface area contributed by atoms with Crippen LogP contribution in [-0.4, -0.2) is 20.1 Å². The molecule has 0 saturated heterocycles. The van der Waals surface area contributed by atoms with Gasteiger partial charge in [0.1, 0.15) is 15.9 Å². The second-order valence-corrected chi connectivity index (χ2v) is 9.55. The van der Waals surface area contributed by atoms with E-state index in [-0.39, 0.29) is 34.5 Å². The number of ether oxygens (including phenoxy) is 1. The molecular weight excluding hydrogens is 419 g/mol. The van der Waals surface area contributed by atoms with Crippen molar-refractivity contribution >= 4 is 20.9 Å². The molecule has 168 valence electrons. The van der Waals surface area contributed by atoms with E-state index in [1.807, 2.05) is 18.2 Å². The first-order chi connectivity index (χ1) is 14.5. The van der Waals surface area contributed by atoms with Crippen LogP contribution in [0, 0.1) is 0 Å². The minimum Gasteiger partial charge on any atom is -0.744 e. The smallest absolute Gasteiger partial charge is 0.744 e. The van der Waals surface area contributed by atoms with Gasteiger partial charge >= 0.3 is 29.6 Å². The van der Waals surface area contributed by atoms with Crippen molar-refractivity contribution in [2.45, 2.75) is 95.3 Å². The fourth-order valence-electron chi connectivity index (χ4n) is 4.17. The summed E-state index contributed by atoms with van der Waals surface area (Å²) in [6, 6.07) is 8.57. The van der Waals surface area contributed by atoms with E-state index in [4.69, 9.17) is 4.74 Å². The third-order valence-electron chi connectivity index (χ3n) is 5.84. The number of hydrogen-bond donors (Lipinski definition) is 0. The van der Waals surface area contributed by atoms with Gasteiger partial charge in [0, 0.05) is 10.8 Å². The molecule has 2 aromatic carbocycles. The molecule has 0 aromatic heterocycles. The Hall–Kier alpha value is -0.590. The van der Waals surface area contributed by atoms with Gasteiger partial charge in [-0.15, -0.1) is 0 Å². The summed E-state index contributed by atoms with van der Waals surface area (Å²) in [6.07, 6.45) is 16.1. The first-order valence-electron chi connectivity index (χ1n) is 11.5. The van der Waals surface area contributed by atoms with Crippen LogP contribution in [0.25, 0.3) is 10.8 Å². The second kappa shape index (κ2) is 15.3. The molecule has 0 aliphatic rings. The minimum atomic E-state index is -4.54. The van der Waals surface area contributed by atoms with Gasteiger partial charge in [-0.05, 0) is 30.5 Å². The third kappa shape index (κ3) is 9.43. The molecule has 2 aromatic rings. The molecule has 0 aliphatic carbocycles. The number of hydrogen-bond acceptors (Lipinski definition) is 4. The van der Waals surface area contributed by atoms with Gasteiger partial charge in [-0.1, -0.05) is 95.8 Å². The van der Waals surface area contributed by atoms with Crippen LogP contribution >= 0.6 is 0 Å². The van der Waals surface area contributed by atoms with Crippen LogP contribution in [0.4, 0.5) is 0 Å². The second-order valence-electron chi connectivity index (χ2n) is 8.20. The van der Waals surface area contributed by atoms with Crippen molar-refractivity contribution in [1.82, 2.24) is 0 Å². The quantitative estimate of drug-likeness (QED) is 0.231. The number of unbranched alkanes of at least 4 members (excludes halogenated alkanes) is 11. The van der Waals surface area contributed by atoms with Crippen molar-refractivity contribution in [3.8, 4) is 5.75 Å². The maximum atomic E-state index is 11.8. The standard InChI is InChI=1S/C25H38O4S.Na/c1-3-4-5-6-7-8-9-10-11-12-13-14-16-21-19-20-23(29-2)22-17-15-18-24(25(21)22)30(26,27)28;/h15,17-20H,3-14,16H2,1-2H3,(H,26,27,28);/q;+1/p-1. The molecule has 0 amide bonds.